The van der Waals surface area contributed by atoms with Crippen molar-refractivity contribution in [3.8, 4) is 11.5 Å². The van der Waals surface area contributed by atoms with Crippen molar-refractivity contribution in [2.45, 2.75) is 6.92 Å². The van der Waals surface area contributed by atoms with Gasteiger partial charge in [-0.25, -0.2) is 0 Å². The number of amides is 1. The van der Waals surface area contributed by atoms with Gasteiger partial charge >= 0.3 is 0 Å². The second kappa shape index (κ2) is 4.75. The van der Waals surface area contributed by atoms with Gasteiger partial charge in [-0.2, -0.15) is 0 Å². The molecule has 0 fully saturated rings. The fourth-order valence-electron chi connectivity index (χ4n) is 1.48. The number of carbonyl (C=O) groups excluding carboxylic acids is 1. The van der Waals surface area contributed by atoms with E-state index in [0.29, 0.717) is 17.2 Å². The number of carbonyl (C=O) groups is 1. The van der Waals surface area contributed by atoms with Gasteiger partial charge in [0, 0.05) is 23.5 Å². The number of hydrogen-bond donors (Lipinski definition) is 2. The maximum atomic E-state index is 11.0. The van der Waals surface area contributed by atoms with Gasteiger partial charge in [-0.1, -0.05) is 6.07 Å². The lowest BCUT2D eigenvalue weighted by molar-refractivity contribution is 0.0995. The summed E-state index contributed by atoms with van der Waals surface area (Å²) >= 11 is 0. The van der Waals surface area contributed by atoms with Crippen molar-refractivity contribution in [1.29, 1.82) is 0 Å². The molecule has 0 saturated heterocycles. The zero-order valence-electron chi connectivity index (χ0n) is 9.88. The van der Waals surface area contributed by atoms with Gasteiger partial charge in [0.05, 0.1) is 0 Å². The van der Waals surface area contributed by atoms with Gasteiger partial charge in [0.15, 0.2) is 0 Å². The highest BCUT2D eigenvalue weighted by Gasteiger charge is 2.07. The fourth-order valence-corrected chi connectivity index (χ4v) is 1.48. The van der Waals surface area contributed by atoms with Crippen molar-refractivity contribution < 1.29 is 9.53 Å². The van der Waals surface area contributed by atoms with Crippen molar-refractivity contribution in [2.75, 3.05) is 5.73 Å². The number of nitrogens with zero attached hydrogens (tertiary/aromatic N) is 1. The summed E-state index contributed by atoms with van der Waals surface area (Å²) in [6.45, 7) is 1.86. The van der Waals surface area contributed by atoms with Gasteiger partial charge < -0.3 is 16.2 Å². The molecule has 1 aromatic carbocycles. The van der Waals surface area contributed by atoms with Crippen LogP contribution >= 0.6 is 0 Å². The summed E-state index contributed by atoms with van der Waals surface area (Å²) in [7, 11) is 0. The molecule has 1 heterocycles. The van der Waals surface area contributed by atoms with Crippen molar-refractivity contribution in [3.05, 3.63) is 47.8 Å². The molecule has 0 saturated carbocycles. The second-order valence-corrected chi connectivity index (χ2v) is 3.81. The molecule has 0 atom stereocenters. The van der Waals surface area contributed by atoms with Crippen LogP contribution in [0.25, 0.3) is 0 Å². The van der Waals surface area contributed by atoms with Crippen LogP contribution in [-0.4, -0.2) is 10.9 Å². The third kappa shape index (κ3) is 2.40. The lowest BCUT2D eigenvalue weighted by Gasteiger charge is -2.10. The van der Waals surface area contributed by atoms with Gasteiger partial charge in [-0.05, 0) is 25.1 Å². The van der Waals surface area contributed by atoms with E-state index < -0.39 is 5.91 Å². The Morgan fingerprint density at radius 1 is 1.33 bits per heavy atom. The van der Waals surface area contributed by atoms with Crippen molar-refractivity contribution in [2.24, 2.45) is 5.73 Å². The molecule has 0 bridgehead atoms. The summed E-state index contributed by atoms with van der Waals surface area (Å²) < 4.78 is 5.65. The number of benzene rings is 1. The first-order chi connectivity index (χ1) is 8.58. The smallest absolute Gasteiger partial charge is 0.267 e. The maximum absolute atomic E-state index is 11.0. The number of anilines is 1. The largest absolute Gasteiger partial charge is 0.457 e. The summed E-state index contributed by atoms with van der Waals surface area (Å²) in [5, 5.41) is 0. The molecular formula is C13H13N3O2. The van der Waals surface area contributed by atoms with Gasteiger partial charge in [0.2, 0.25) is 0 Å². The molecule has 5 nitrogen and oxygen atoms in total. The summed E-state index contributed by atoms with van der Waals surface area (Å²) in [5.41, 5.74) is 12.6. The zero-order chi connectivity index (χ0) is 13.1. The van der Waals surface area contributed by atoms with Gasteiger partial charge in [0.25, 0.3) is 5.91 Å². The predicted molar refractivity (Wildman–Crippen MR) is 68.4 cm³/mol. The molecule has 1 amide bonds. The van der Waals surface area contributed by atoms with E-state index >= 15 is 0 Å². The molecule has 0 spiro atoms. The Kier molecular flexibility index (Phi) is 3.14. The number of nitrogen functional groups attached to an aromatic ring is 1. The Bertz CT molecular complexity index is 597. The zero-order valence-corrected chi connectivity index (χ0v) is 9.88. The van der Waals surface area contributed by atoms with Gasteiger partial charge in [-0.3, -0.25) is 9.78 Å². The first-order valence-electron chi connectivity index (χ1n) is 5.36. The number of ether oxygens (including phenoxy) is 1. The van der Waals surface area contributed by atoms with Crippen LogP contribution < -0.4 is 16.2 Å². The summed E-state index contributed by atoms with van der Waals surface area (Å²) in [5.74, 6) is 0.536. The third-order valence-electron chi connectivity index (χ3n) is 2.54. The molecule has 0 unspecified atom stereocenters. The van der Waals surface area contributed by atoms with Crippen molar-refractivity contribution in [3.63, 3.8) is 0 Å². The molecule has 92 valence electrons. The molecule has 0 aliphatic carbocycles. The molecule has 5 heteroatoms. The van der Waals surface area contributed by atoms with E-state index in [1.54, 1.807) is 24.3 Å². The Balaban J connectivity index is 2.31. The van der Waals surface area contributed by atoms with E-state index in [1.807, 2.05) is 6.92 Å². The lowest BCUT2D eigenvalue weighted by Crippen LogP contribution is -2.12. The Morgan fingerprint density at radius 2 is 2.11 bits per heavy atom. The minimum atomic E-state index is -0.593. The maximum Gasteiger partial charge on any atom is 0.267 e. The van der Waals surface area contributed by atoms with E-state index in [2.05, 4.69) is 4.98 Å². The quantitative estimate of drug-likeness (QED) is 0.805. The van der Waals surface area contributed by atoms with Crippen LogP contribution in [0.1, 0.15) is 16.1 Å². The number of hydrogen-bond acceptors (Lipinski definition) is 4. The summed E-state index contributed by atoms with van der Waals surface area (Å²) in [4.78, 5) is 14.9. The first kappa shape index (κ1) is 11.9. The topological polar surface area (TPSA) is 91.2 Å². The van der Waals surface area contributed by atoms with Crippen molar-refractivity contribution in [1.82, 2.24) is 4.98 Å². The average Bonchev–Trinajstić information content (AvgIpc) is 2.35. The molecule has 0 aliphatic rings. The molecular weight excluding hydrogens is 230 g/mol. The first-order valence-corrected chi connectivity index (χ1v) is 5.36. The number of aromatic nitrogens is 1. The summed E-state index contributed by atoms with van der Waals surface area (Å²) in [6, 6.07) is 8.54. The number of nitrogens with two attached hydrogens (primary N) is 2. The van der Waals surface area contributed by atoms with Crippen LogP contribution in [0.3, 0.4) is 0 Å². The molecule has 18 heavy (non-hydrogen) atoms. The predicted octanol–water partition coefficient (Wildman–Crippen LogP) is 1.86. The Hall–Kier alpha value is -2.56. The normalized spacial score (nSPS) is 10.1. The highest BCUT2D eigenvalue weighted by Crippen LogP contribution is 2.28. The van der Waals surface area contributed by atoms with Gasteiger partial charge in [-0.15, -0.1) is 0 Å². The minimum Gasteiger partial charge on any atom is -0.457 e. The van der Waals surface area contributed by atoms with Crippen LogP contribution in [0.5, 0.6) is 11.5 Å². The van der Waals surface area contributed by atoms with Crippen LogP contribution in [0.15, 0.2) is 36.5 Å². The highest BCUT2D eigenvalue weighted by molar-refractivity contribution is 5.91. The van der Waals surface area contributed by atoms with E-state index in [9.17, 15) is 4.79 Å². The van der Waals surface area contributed by atoms with Crippen LogP contribution in [-0.2, 0) is 0 Å². The molecule has 0 aliphatic heterocycles. The third-order valence-corrected chi connectivity index (χ3v) is 2.54. The average molecular weight is 243 g/mol. The lowest BCUT2D eigenvalue weighted by atomic mass is 10.2. The van der Waals surface area contributed by atoms with Crippen LogP contribution in [0.2, 0.25) is 0 Å². The molecule has 4 N–H and O–H groups in total. The number of rotatable bonds is 3. The monoisotopic (exact) mass is 243 g/mol. The number of primary amides is 1. The van der Waals surface area contributed by atoms with E-state index in [1.165, 1.54) is 12.3 Å². The molecule has 2 aromatic rings. The standard InChI is InChI=1S/C13H13N3O2/c1-8-10(14)3-2-4-12(8)18-9-5-6-16-11(7-9)13(15)17/h2-7H,14H2,1H3,(H2,15,17). The van der Waals surface area contributed by atoms with Crippen LogP contribution in [0.4, 0.5) is 5.69 Å². The fraction of sp³-hybridized carbons (Fsp3) is 0.0769. The Labute approximate surface area is 104 Å². The minimum absolute atomic E-state index is 0.161. The second-order valence-electron chi connectivity index (χ2n) is 3.81. The van der Waals surface area contributed by atoms with Crippen LogP contribution in [0, 0.1) is 6.92 Å². The highest BCUT2D eigenvalue weighted by atomic mass is 16.5. The van der Waals surface area contributed by atoms with Gasteiger partial charge in [0.1, 0.15) is 17.2 Å². The molecule has 2 rings (SSSR count). The van der Waals surface area contributed by atoms with Crippen molar-refractivity contribution >= 4 is 11.6 Å². The van der Waals surface area contributed by atoms with E-state index in [-0.39, 0.29) is 5.69 Å². The molecule has 0 radical (unpaired) electrons. The Morgan fingerprint density at radius 3 is 2.83 bits per heavy atom. The SMILES string of the molecule is Cc1c(N)cccc1Oc1ccnc(C(N)=O)c1. The van der Waals surface area contributed by atoms with E-state index in [0.717, 1.165) is 5.56 Å². The van der Waals surface area contributed by atoms with E-state index in [4.69, 9.17) is 16.2 Å². The molecule has 1 aromatic heterocycles. The number of pyridine rings is 1. The summed E-state index contributed by atoms with van der Waals surface area (Å²) in [6.07, 6.45) is 1.47.